The summed E-state index contributed by atoms with van der Waals surface area (Å²) in [5, 5.41) is 10.4. The van der Waals surface area contributed by atoms with Crippen molar-refractivity contribution >= 4 is 43.1 Å². The second kappa shape index (κ2) is 8.90. The van der Waals surface area contributed by atoms with E-state index in [9.17, 15) is 0 Å². The van der Waals surface area contributed by atoms with Gasteiger partial charge in [-0.25, -0.2) is 0 Å². The highest BCUT2D eigenvalue weighted by atomic mass is 14.4. The lowest BCUT2D eigenvalue weighted by atomic mass is 9.78. The minimum atomic E-state index is -0.155. The van der Waals surface area contributed by atoms with Crippen molar-refractivity contribution < 1.29 is 0 Å². The molecule has 0 unspecified atom stereocenters. The monoisotopic (exact) mass is 546 g/mol. The van der Waals surface area contributed by atoms with E-state index < -0.39 is 0 Å². The minimum Gasteiger partial charge on any atom is -0.0622 e. The normalized spacial score (nSPS) is 13.5. The third-order valence-corrected chi connectivity index (χ3v) is 9.78. The van der Waals surface area contributed by atoms with Crippen LogP contribution in [0.15, 0.2) is 146 Å². The lowest BCUT2D eigenvalue weighted by Crippen LogP contribution is -2.15. The van der Waals surface area contributed by atoms with Crippen molar-refractivity contribution in [3.63, 3.8) is 0 Å². The quantitative estimate of drug-likeness (QED) is 0.149. The molecule has 0 heteroatoms. The van der Waals surface area contributed by atoms with Gasteiger partial charge in [-0.2, -0.15) is 0 Å². The van der Waals surface area contributed by atoms with Gasteiger partial charge in [0.05, 0.1) is 0 Å². The first-order valence-corrected chi connectivity index (χ1v) is 15.2. The van der Waals surface area contributed by atoms with Gasteiger partial charge in [0.15, 0.2) is 0 Å². The zero-order valence-electron chi connectivity index (χ0n) is 24.4. The molecule has 0 spiro atoms. The van der Waals surface area contributed by atoms with Gasteiger partial charge >= 0.3 is 0 Å². The number of benzene rings is 8. The predicted octanol–water partition coefficient (Wildman–Crippen LogP) is 11.9. The van der Waals surface area contributed by atoms with Crippen LogP contribution in [0.3, 0.4) is 0 Å². The molecule has 0 heterocycles. The van der Waals surface area contributed by atoms with Crippen molar-refractivity contribution in [2.75, 3.05) is 0 Å². The fourth-order valence-electron chi connectivity index (χ4n) is 7.83. The van der Waals surface area contributed by atoms with Crippen LogP contribution in [0.4, 0.5) is 0 Å². The lowest BCUT2D eigenvalue weighted by Gasteiger charge is -2.25. The SMILES string of the molecule is CC1(C)c2cc(-c3c4ccccc4cc4c3ccc3ccccc34)cc(-c3ccccc3)c2-c2ccc3ccccc3c21. The summed E-state index contributed by atoms with van der Waals surface area (Å²) in [4.78, 5) is 0. The smallest absolute Gasteiger partial charge is 0.0165 e. The molecule has 43 heavy (non-hydrogen) atoms. The van der Waals surface area contributed by atoms with Gasteiger partial charge in [0, 0.05) is 5.41 Å². The molecule has 0 N–H and O–H groups in total. The molecule has 202 valence electrons. The van der Waals surface area contributed by atoms with Gasteiger partial charge in [-0.3, -0.25) is 0 Å². The van der Waals surface area contributed by atoms with Crippen molar-refractivity contribution in [1.29, 1.82) is 0 Å². The molecule has 0 saturated heterocycles. The molecule has 0 radical (unpaired) electrons. The van der Waals surface area contributed by atoms with Crippen molar-refractivity contribution in [2.45, 2.75) is 19.3 Å². The van der Waals surface area contributed by atoms with E-state index >= 15 is 0 Å². The standard InChI is InChI=1S/C43H30/c1-43(2)39-26-31(40-33-18-10-8-16-30(33)24-38-32-17-9-6-14-28(32)20-22-35(38)40)25-37(27-12-4-3-5-13-27)41(39)36-23-21-29-15-7-11-19-34(29)42(36)43/h3-26H,1-2H3. The topological polar surface area (TPSA) is 0 Å². The Morgan fingerprint density at radius 1 is 0.372 bits per heavy atom. The van der Waals surface area contributed by atoms with Crippen LogP contribution in [0.5, 0.6) is 0 Å². The van der Waals surface area contributed by atoms with E-state index in [-0.39, 0.29) is 5.41 Å². The second-order valence-electron chi connectivity index (χ2n) is 12.5. The Labute approximate surface area is 251 Å². The fraction of sp³-hybridized carbons (Fsp3) is 0.0698. The lowest BCUT2D eigenvalue weighted by molar-refractivity contribution is 0.666. The summed E-state index contributed by atoms with van der Waals surface area (Å²) in [7, 11) is 0. The molecule has 0 bridgehead atoms. The molecule has 1 aliphatic carbocycles. The maximum absolute atomic E-state index is 2.51. The average molecular weight is 547 g/mol. The summed E-state index contributed by atoms with van der Waals surface area (Å²) in [5.74, 6) is 0. The maximum atomic E-state index is 2.51. The molecule has 0 aromatic heterocycles. The van der Waals surface area contributed by atoms with Crippen molar-refractivity contribution in [2.24, 2.45) is 0 Å². The highest BCUT2D eigenvalue weighted by molar-refractivity contribution is 6.20. The Morgan fingerprint density at radius 3 is 1.79 bits per heavy atom. The zero-order valence-corrected chi connectivity index (χ0v) is 24.4. The van der Waals surface area contributed by atoms with Crippen molar-refractivity contribution in [1.82, 2.24) is 0 Å². The molecule has 9 rings (SSSR count). The van der Waals surface area contributed by atoms with Gasteiger partial charge in [-0.1, -0.05) is 141 Å². The molecule has 0 atom stereocenters. The maximum Gasteiger partial charge on any atom is 0.0165 e. The van der Waals surface area contributed by atoms with E-state index in [2.05, 4.69) is 159 Å². The zero-order chi connectivity index (χ0) is 28.7. The molecule has 0 saturated carbocycles. The molecule has 1 aliphatic rings. The molecular formula is C43H30. The van der Waals surface area contributed by atoms with E-state index in [4.69, 9.17) is 0 Å². The van der Waals surface area contributed by atoms with Crippen LogP contribution in [-0.2, 0) is 5.41 Å². The van der Waals surface area contributed by atoms with Gasteiger partial charge in [-0.05, 0) is 106 Å². The van der Waals surface area contributed by atoms with Gasteiger partial charge in [0.2, 0.25) is 0 Å². The number of hydrogen-bond donors (Lipinski definition) is 0. The number of fused-ring (bicyclic) bond motifs is 9. The highest BCUT2D eigenvalue weighted by Crippen LogP contribution is 2.56. The first-order valence-electron chi connectivity index (χ1n) is 15.2. The van der Waals surface area contributed by atoms with E-state index in [1.54, 1.807) is 0 Å². The fourth-order valence-corrected chi connectivity index (χ4v) is 7.83. The van der Waals surface area contributed by atoms with Gasteiger partial charge < -0.3 is 0 Å². The summed E-state index contributed by atoms with van der Waals surface area (Å²) in [6, 6.07) is 54.1. The average Bonchev–Trinajstić information content (AvgIpc) is 3.30. The van der Waals surface area contributed by atoms with Crippen LogP contribution >= 0.6 is 0 Å². The summed E-state index contributed by atoms with van der Waals surface area (Å²) >= 11 is 0. The van der Waals surface area contributed by atoms with E-state index in [0.717, 1.165) is 0 Å². The van der Waals surface area contributed by atoms with Crippen LogP contribution in [-0.4, -0.2) is 0 Å². The van der Waals surface area contributed by atoms with E-state index in [1.807, 2.05) is 0 Å². The Kier molecular flexibility index (Phi) is 5.05. The van der Waals surface area contributed by atoms with E-state index in [0.29, 0.717) is 0 Å². The Hall–Kier alpha value is -5.20. The second-order valence-corrected chi connectivity index (χ2v) is 12.5. The molecule has 8 aromatic carbocycles. The van der Waals surface area contributed by atoms with Crippen LogP contribution in [0.1, 0.15) is 25.0 Å². The predicted molar refractivity (Wildman–Crippen MR) is 185 cm³/mol. The van der Waals surface area contributed by atoms with Crippen LogP contribution in [0.2, 0.25) is 0 Å². The van der Waals surface area contributed by atoms with Crippen LogP contribution in [0.25, 0.3) is 76.5 Å². The van der Waals surface area contributed by atoms with Crippen molar-refractivity contribution in [3.8, 4) is 33.4 Å². The summed E-state index contributed by atoms with van der Waals surface area (Å²) in [6.45, 7) is 4.83. The minimum absolute atomic E-state index is 0.155. The number of hydrogen-bond acceptors (Lipinski definition) is 0. The molecule has 8 aromatic rings. The Bertz CT molecular complexity index is 2410. The third-order valence-electron chi connectivity index (χ3n) is 9.78. The molecule has 0 amide bonds. The van der Waals surface area contributed by atoms with Gasteiger partial charge in [-0.15, -0.1) is 0 Å². The van der Waals surface area contributed by atoms with Crippen LogP contribution in [0, 0.1) is 0 Å². The largest absolute Gasteiger partial charge is 0.0622 e. The van der Waals surface area contributed by atoms with Crippen LogP contribution < -0.4 is 0 Å². The molecule has 0 fully saturated rings. The van der Waals surface area contributed by atoms with Gasteiger partial charge in [0.25, 0.3) is 0 Å². The van der Waals surface area contributed by atoms with Gasteiger partial charge in [0.1, 0.15) is 0 Å². The summed E-state index contributed by atoms with van der Waals surface area (Å²) in [5.41, 5.74) is 10.6. The van der Waals surface area contributed by atoms with Crippen molar-refractivity contribution in [3.05, 3.63) is 157 Å². The molecule has 0 aliphatic heterocycles. The van der Waals surface area contributed by atoms with E-state index in [1.165, 1.54) is 87.6 Å². The summed E-state index contributed by atoms with van der Waals surface area (Å²) in [6.07, 6.45) is 0. The Morgan fingerprint density at radius 2 is 1.00 bits per heavy atom. The molecule has 0 nitrogen and oxygen atoms in total. The highest BCUT2D eigenvalue weighted by Gasteiger charge is 2.39. The molecular weight excluding hydrogens is 516 g/mol. The summed E-state index contributed by atoms with van der Waals surface area (Å²) < 4.78 is 0. The first kappa shape index (κ1) is 24.4. The first-order chi connectivity index (χ1) is 21.1. The number of rotatable bonds is 2. The third kappa shape index (κ3) is 3.44. The Balaban J connectivity index is 1.44.